The third-order valence-corrected chi connectivity index (χ3v) is 5.88. The highest BCUT2D eigenvalue weighted by Crippen LogP contribution is 2.38. The molecular formula is C24H35N5O2. The van der Waals surface area contributed by atoms with Crippen molar-refractivity contribution in [1.29, 1.82) is 0 Å². The lowest BCUT2D eigenvalue weighted by molar-refractivity contribution is 0.129. The Kier molecular flexibility index (Phi) is 8.28. The van der Waals surface area contributed by atoms with E-state index in [1.54, 1.807) is 19.2 Å². The van der Waals surface area contributed by atoms with Crippen molar-refractivity contribution in [2.75, 3.05) is 61.0 Å². The number of aliphatic imine (C=N–C) groups is 1. The fourth-order valence-corrected chi connectivity index (χ4v) is 4.12. The number of hydrogen-bond acceptors (Lipinski definition) is 6. The summed E-state index contributed by atoms with van der Waals surface area (Å²) in [6.07, 6.45) is 0.848. The standard InChI is InChI=1S/C24H35N5O2/c1-26-24(29(25)14-13-19-9-6-5-7-10-19)22(28-17-15-27(2)16-18-28)20-11-8-12-21(30-3)23(20)31-4/h5-12,22H,13-18,25H2,1-4H3. The minimum atomic E-state index is -0.121. The number of amidine groups is 1. The molecular weight excluding hydrogens is 390 g/mol. The summed E-state index contributed by atoms with van der Waals surface area (Å²) < 4.78 is 11.4. The number of nitrogens with two attached hydrogens (primary N) is 1. The first-order chi connectivity index (χ1) is 15.1. The van der Waals surface area contributed by atoms with Crippen molar-refractivity contribution in [3.8, 4) is 11.5 Å². The lowest BCUT2D eigenvalue weighted by atomic mass is 10.00. The van der Waals surface area contributed by atoms with Gasteiger partial charge >= 0.3 is 0 Å². The average Bonchev–Trinajstić information content (AvgIpc) is 2.81. The Morgan fingerprint density at radius 3 is 2.35 bits per heavy atom. The molecule has 3 rings (SSSR count). The Bertz CT molecular complexity index is 850. The molecule has 0 aliphatic carbocycles. The monoisotopic (exact) mass is 425 g/mol. The molecule has 1 aliphatic heterocycles. The van der Waals surface area contributed by atoms with Crippen LogP contribution in [-0.2, 0) is 6.42 Å². The van der Waals surface area contributed by atoms with E-state index in [2.05, 4.69) is 52.2 Å². The summed E-state index contributed by atoms with van der Waals surface area (Å²) in [5.41, 5.74) is 2.27. The van der Waals surface area contributed by atoms with E-state index in [1.165, 1.54) is 5.56 Å². The van der Waals surface area contributed by atoms with E-state index in [1.807, 2.05) is 25.2 Å². The number of hydrogen-bond donors (Lipinski definition) is 1. The summed E-state index contributed by atoms with van der Waals surface area (Å²) in [6.45, 7) is 4.51. The van der Waals surface area contributed by atoms with Crippen LogP contribution in [0.3, 0.4) is 0 Å². The third-order valence-electron chi connectivity index (χ3n) is 5.88. The van der Waals surface area contributed by atoms with Gasteiger partial charge in [0.15, 0.2) is 11.5 Å². The topological polar surface area (TPSA) is 66.6 Å². The van der Waals surface area contributed by atoms with Gasteiger partial charge in [0, 0.05) is 45.3 Å². The van der Waals surface area contributed by atoms with Crippen molar-refractivity contribution in [2.24, 2.45) is 10.8 Å². The molecule has 0 aromatic heterocycles. The van der Waals surface area contributed by atoms with Crippen molar-refractivity contribution in [3.05, 3.63) is 59.7 Å². The highest BCUT2D eigenvalue weighted by atomic mass is 16.5. The second-order valence-electron chi connectivity index (χ2n) is 7.84. The van der Waals surface area contributed by atoms with Crippen LogP contribution in [0.25, 0.3) is 0 Å². The highest BCUT2D eigenvalue weighted by Gasteiger charge is 2.33. The van der Waals surface area contributed by atoms with Crippen LogP contribution in [0.15, 0.2) is 53.5 Å². The lowest BCUT2D eigenvalue weighted by Crippen LogP contribution is -2.52. The first-order valence-corrected chi connectivity index (χ1v) is 10.7. The van der Waals surface area contributed by atoms with Crippen molar-refractivity contribution in [3.63, 3.8) is 0 Å². The molecule has 1 heterocycles. The summed E-state index contributed by atoms with van der Waals surface area (Å²) in [5.74, 6) is 8.87. The number of hydrazine groups is 1. The third kappa shape index (κ3) is 5.55. The van der Waals surface area contributed by atoms with Crippen molar-refractivity contribution < 1.29 is 9.47 Å². The largest absolute Gasteiger partial charge is 0.493 e. The predicted octanol–water partition coefficient (Wildman–Crippen LogP) is 2.44. The van der Waals surface area contributed by atoms with Crippen LogP contribution in [0.4, 0.5) is 0 Å². The minimum Gasteiger partial charge on any atom is -0.493 e. The predicted molar refractivity (Wildman–Crippen MR) is 126 cm³/mol. The van der Waals surface area contributed by atoms with Crippen LogP contribution in [0.2, 0.25) is 0 Å². The van der Waals surface area contributed by atoms with Crippen LogP contribution < -0.4 is 15.3 Å². The maximum Gasteiger partial charge on any atom is 0.165 e. The summed E-state index contributed by atoms with van der Waals surface area (Å²) in [6, 6.07) is 16.3. The van der Waals surface area contributed by atoms with E-state index in [0.29, 0.717) is 12.3 Å². The van der Waals surface area contributed by atoms with Crippen LogP contribution >= 0.6 is 0 Å². The van der Waals surface area contributed by atoms with Gasteiger partial charge in [0.1, 0.15) is 5.84 Å². The number of piperazine rings is 1. The molecule has 1 atom stereocenters. The van der Waals surface area contributed by atoms with Gasteiger partial charge in [-0.15, -0.1) is 0 Å². The molecule has 7 nitrogen and oxygen atoms in total. The molecule has 0 amide bonds. The van der Waals surface area contributed by atoms with E-state index < -0.39 is 0 Å². The Hall–Kier alpha value is -2.61. The molecule has 1 unspecified atom stereocenters. The van der Waals surface area contributed by atoms with Gasteiger partial charge < -0.3 is 14.4 Å². The van der Waals surface area contributed by atoms with E-state index >= 15 is 0 Å². The van der Waals surface area contributed by atoms with Crippen molar-refractivity contribution in [1.82, 2.24) is 14.8 Å². The smallest absolute Gasteiger partial charge is 0.165 e. The molecule has 1 saturated heterocycles. The Balaban J connectivity index is 1.93. The zero-order valence-corrected chi connectivity index (χ0v) is 19.1. The number of likely N-dealkylation sites (N-methyl/N-ethyl adjacent to an activating group) is 1. The zero-order valence-electron chi connectivity index (χ0n) is 19.1. The quantitative estimate of drug-likeness (QED) is 0.303. The molecule has 2 aromatic carbocycles. The molecule has 0 bridgehead atoms. The van der Waals surface area contributed by atoms with Crippen LogP contribution in [0, 0.1) is 0 Å². The fraction of sp³-hybridized carbons (Fsp3) is 0.458. The molecule has 7 heteroatoms. The Labute approximate surface area is 186 Å². The highest BCUT2D eigenvalue weighted by molar-refractivity contribution is 5.89. The molecule has 1 fully saturated rings. The second kappa shape index (κ2) is 11.1. The molecule has 1 aliphatic rings. The minimum absolute atomic E-state index is 0.121. The summed E-state index contributed by atoms with van der Waals surface area (Å²) in [4.78, 5) is 9.44. The van der Waals surface area contributed by atoms with E-state index in [9.17, 15) is 0 Å². The second-order valence-corrected chi connectivity index (χ2v) is 7.84. The van der Waals surface area contributed by atoms with E-state index in [4.69, 9.17) is 15.3 Å². The van der Waals surface area contributed by atoms with Crippen molar-refractivity contribution in [2.45, 2.75) is 12.5 Å². The SMILES string of the molecule is CN=C(C(c1cccc(OC)c1OC)N1CCN(C)CC1)N(N)CCc1ccccc1. The van der Waals surface area contributed by atoms with Gasteiger partial charge in [0.25, 0.3) is 0 Å². The number of para-hydroxylation sites is 1. The normalized spacial score (nSPS) is 16.7. The zero-order chi connectivity index (χ0) is 22.2. The number of methoxy groups -OCH3 is 2. The maximum absolute atomic E-state index is 6.60. The maximum atomic E-state index is 6.60. The summed E-state index contributed by atoms with van der Waals surface area (Å²) in [7, 11) is 7.31. The van der Waals surface area contributed by atoms with Gasteiger partial charge in [-0.25, -0.2) is 5.84 Å². The Morgan fingerprint density at radius 2 is 1.74 bits per heavy atom. The molecule has 2 N–H and O–H groups in total. The average molecular weight is 426 g/mol. The van der Waals surface area contributed by atoms with Crippen LogP contribution in [-0.4, -0.2) is 81.7 Å². The molecule has 0 saturated carbocycles. The van der Waals surface area contributed by atoms with Gasteiger partial charge in [-0.3, -0.25) is 14.9 Å². The van der Waals surface area contributed by atoms with Crippen LogP contribution in [0.5, 0.6) is 11.5 Å². The van der Waals surface area contributed by atoms with Gasteiger partial charge in [0.05, 0.1) is 20.3 Å². The summed E-state index contributed by atoms with van der Waals surface area (Å²) in [5, 5.41) is 1.79. The number of ether oxygens (including phenoxy) is 2. The molecule has 168 valence electrons. The lowest BCUT2D eigenvalue weighted by Gasteiger charge is -2.40. The van der Waals surface area contributed by atoms with Gasteiger partial charge in [-0.2, -0.15) is 0 Å². The van der Waals surface area contributed by atoms with E-state index in [-0.39, 0.29) is 6.04 Å². The van der Waals surface area contributed by atoms with Gasteiger partial charge in [-0.05, 0) is 25.1 Å². The number of nitrogens with zero attached hydrogens (tertiary/aromatic N) is 4. The molecule has 0 spiro atoms. The first kappa shape index (κ1) is 23.1. The van der Waals surface area contributed by atoms with Gasteiger partial charge in [0.2, 0.25) is 0 Å². The van der Waals surface area contributed by atoms with E-state index in [0.717, 1.165) is 49.7 Å². The summed E-state index contributed by atoms with van der Waals surface area (Å²) >= 11 is 0. The van der Waals surface area contributed by atoms with Crippen molar-refractivity contribution >= 4 is 5.84 Å². The number of benzene rings is 2. The van der Waals surface area contributed by atoms with Gasteiger partial charge in [-0.1, -0.05) is 42.5 Å². The molecule has 2 aromatic rings. The fourth-order valence-electron chi connectivity index (χ4n) is 4.12. The first-order valence-electron chi connectivity index (χ1n) is 10.7. The molecule has 31 heavy (non-hydrogen) atoms. The Morgan fingerprint density at radius 1 is 1.03 bits per heavy atom. The number of rotatable bonds is 8. The van der Waals surface area contributed by atoms with Crippen LogP contribution in [0.1, 0.15) is 17.2 Å². The molecule has 0 radical (unpaired) electrons.